The summed E-state index contributed by atoms with van der Waals surface area (Å²) in [5.74, 6) is 5.79. The van der Waals surface area contributed by atoms with Crippen molar-refractivity contribution in [2.24, 2.45) is 52.3 Å². The first-order valence-electron chi connectivity index (χ1n) is 13.0. The van der Waals surface area contributed by atoms with E-state index >= 15 is 0 Å². The molecule has 4 rings (SSSR count). The topological polar surface area (TPSA) is 20.2 Å². The van der Waals surface area contributed by atoms with E-state index in [-0.39, 0.29) is 6.10 Å². The Morgan fingerprint density at radius 1 is 0.966 bits per heavy atom. The molecule has 0 aromatic carbocycles. The van der Waals surface area contributed by atoms with Gasteiger partial charge in [-0.15, -0.1) is 0 Å². The molecular weight excluding hydrogens is 352 g/mol. The molecule has 0 bridgehead atoms. The summed E-state index contributed by atoms with van der Waals surface area (Å²) in [5.41, 5.74) is 2.56. The fraction of sp³-hybridized carbons (Fsp3) is 0.929. The third-order valence-electron chi connectivity index (χ3n) is 10.8. The summed E-state index contributed by atoms with van der Waals surface area (Å²) in [5, 5.41) is 10.3. The van der Waals surface area contributed by atoms with Crippen LogP contribution in [0.4, 0.5) is 0 Å². The SMILES string of the molecule is C=C1CC2CC(O)CCC2(C)C2CCC3(C)C(C(C)CCCC(C)C)CCC3C12. The second-order valence-corrected chi connectivity index (χ2v) is 12.8. The van der Waals surface area contributed by atoms with Crippen LogP contribution in [0.1, 0.15) is 105 Å². The van der Waals surface area contributed by atoms with E-state index in [0.717, 1.165) is 48.3 Å². The fourth-order valence-electron chi connectivity index (χ4n) is 9.13. The Bertz CT molecular complexity index is 607. The Morgan fingerprint density at radius 3 is 2.38 bits per heavy atom. The molecule has 4 aliphatic carbocycles. The summed E-state index contributed by atoms with van der Waals surface area (Å²) in [6.45, 7) is 17.3. The summed E-state index contributed by atoms with van der Waals surface area (Å²) in [4.78, 5) is 0. The van der Waals surface area contributed by atoms with Crippen LogP contribution in [-0.4, -0.2) is 11.2 Å². The first-order chi connectivity index (χ1) is 13.7. The van der Waals surface area contributed by atoms with Crippen LogP contribution in [0.5, 0.6) is 0 Å². The number of hydrogen-bond donors (Lipinski definition) is 1. The minimum atomic E-state index is -0.0613. The highest BCUT2D eigenvalue weighted by molar-refractivity contribution is 5.21. The predicted molar refractivity (Wildman–Crippen MR) is 124 cm³/mol. The average molecular weight is 401 g/mol. The molecule has 0 spiro atoms. The van der Waals surface area contributed by atoms with E-state index < -0.39 is 0 Å². The molecule has 1 heteroatoms. The van der Waals surface area contributed by atoms with Gasteiger partial charge in [-0.1, -0.05) is 66.0 Å². The number of rotatable bonds is 5. The van der Waals surface area contributed by atoms with Gasteiger partial charge in [-0.25, -0.2) is 0 Å². The summed E-state index contributed by atoms with van der Waals surface area (Å²) in [6.07, 6.45) is 14.4. The molecule has 0 heterocycles. The van der Waals surface area contributed by atoms with Crippen LogP contribution >= 0.6 is 0 Å². The molecule has 0 aromatic heterocycles. The van der Waals surface area contributed by atoms with Crippen LogP contribution in [0, 0.1) is 52.3 Å². The molecular formula is C28H48O. The predicted octanol–water partition coefficient (Wildman–Crippen LogP) is 7.63. The summed E-state index contributed by atoms with van der Waals surface area (Å²) >= 11 is 0. The van der Waals surface area contributed by atoms with E-state index in [1.165, 1.54) is 57.8 Å². The maximum absolute atomic E-state index is 10.3. The van der Waals surface area contributed by atoms with Gasteiger partial charge in [0.25, 0.3) is 0 Å². The molecule has 4 aliphatic rings. The molecule has 0 aromatic rings. The van der Waals surface area contributed by atoms with E-state index in [0.29, 0.717) is 16.7 Å². The van der Waals surface area contributed by atoms with Crippen molar-refractivity contribution in [2.45, 2.75) is 111 Å². The Labute approximate surface area is 181 Å². The van der Waals surface area contributed by atoms with Gasteiger partial charge < -0.3 is 5.11 Å². The lowest BCUT2D eigenvalue weighted by Crippen LogP contribution is -2.54. The van der Waals surface area contributed by atoms with Crippen molar-refractivity contribution < 1.29 is 5.11 Å². The van der Waals surface area contributed by atoms with E-state index in [4.69, 9.17) is 6.58 Å². The number of aliphatic hydroxyl groups is 1. The number of aliphatic hydroxyl groups excluding tert-OH is 1. The first kappa shape index (κ1) is 21.9. The van der Waals surface area contributed by atoms with Crippen LogP contribution < -0.4 is 0 Å². The third-order valence-corrected chi connectivity index (χ3v) is 10.8. The van der Waals surface area contributed by atoms with Gasteiger partial charge in [-0.3, -0.25) is 0 Å². The highest BCUT2D eigenvalue weighted by Gasteiger charge is 2.61. The second kappa shape index (κ2) is 7.99. The Kier molecular flexibility index (Phi) is 6.04. The second-order valence-electron chi connectivity index (χ2n) is 12.8. The lowest BCUT2D eigenvalue weighted by atomic mass is 9.43. The first-order valence-corrected chi connectivity index (χ1v) is 13.0. The molecule has 9 unspecified atom stereocenters. The lowest BCUT2D eigenvalue weighted by Gasteiger charge is -2.61. The van der Waals surface area contributed by atoms with Crippen LogP contribution in [0.25, 0.3) is 0 Å². The molecule has 29 heavy (non-hydrogen) atoms. The molecule has 1 N–H and O–H groups in total. The molecule has 4 saturated carbocycles. The lowest BCUT2D eigenvalue weighted by molar-refractivity contribution is -0.107. The average Bonchev–Trinajstić information content (AvgIpc) is 3.00. The quantitative estimate of drug-likeness (QED) is 0.470. The fourth-order valence-corrected chi connectivity index (χ4v) is 9.13. The van der Waals surface area contributed by atoms with Crippen LogP contribution in [0.3, 0.4) is 0 Å². The Morgan fingerprint density at radius 2 is 1.66 bits per heavy atom. The molecule has 0 aliphatic heterocycles. The monoisotopic (exact) mass is 400 g/mol. The Balaban J connectivity index is 1.51. The van der Waals surface area contributed by atoms with Gasteiger partial charge in [-0.05, 0) is 104 Å². The smallest absolute Gasteiger partial charge is 0.0543 e. The number of hydrogen-bond acceptors (Lipinski definition) is 1. The molecule has 9 atom stereocenters. The minimum Gasteiger partial charge on any atom is -0.393 e. The molecule has 1 nitrogen and oxygen atoms in total. The van der Waals surface area contributed by atoms with Crippen LogP contribution in [-0.2, 0) is 0 Å². The molecule has 0 amide bonds. The molecule has 166 valence electrons. The normalized spacial score (nSPS) is 48.2. The van der Waals surface area contributed by atoms with Crippen molar-refractivity contribution >= 4 is 0 Å². The van der Waals surface area contributed by atoms with Crippen molar-refractivity contribution in [3.8, 4) is 0 Å². The van der Waals surface area contributed by atoms with E-state index in [1.54, 1.807) is 5.57 Å². The number of fused-ring (bicyclic) bond motifs is 5. The standard InChI is InChI=1S/C28H48O/c1-18(2)8-7-9-19(3)23-10-11-24-26-20(4)16-21-17-22(29)12-14-27(21,5)25(26)13-15-28(23,24)6/h18-19,21-26,29H,4,7-17H2,1-3,5-6H3. The van der Waals surface area contributed by atoms with Gasteiger partial charge in [0.05, 0.1) is 6.10 Å². The van der Waals surface area contributed by atoms with Gasteiger partial charge in [-0.2, -0.15) is 0 Å². The summed E-state index contributed by atoms with van der Waals surface area (Å²) in [6, 6.07) is 0. The van der Waals surface area contributed by atoms with E-state index in [9.17, 15) is 5.11 Å². The maximum Gasteiger partial charge on any atom is 0.0543 e. The van der Waals surface area contributed by atoms with Crippen molar-refractivity contribution in [2.75, 3.05) is 0 Å². The van der Waals surface area contributed by atoms with Gasteiger partial charge >= 0.3 is 0 Å². The summed E-state index contributed by atoms with van der Waals surface area (Å²) in [7, 11) is 0. The van der Waals surface area contributed by atoms with E-state index in [2.05, 4.69) is 34.6 Å². The molecule has 0 saturated heterocycles. The zero-order valence-electron chi connectivity index (χ0n) is 20.1. The minimum absolute atomic E-state index is 0.0613. The maximum atomic E-state index is 10.3. The highest BCUT2D eigenvalue weighted by atomic mass is 16.3. The van der Waals surface area contributed by atoms with Crippen molar-refractivity contribution in [3.05, 3.63) is 12.2 Å². The van der Waals surface area contributed by atoms with E-state index in [1.807, 2.05) is 0 Å². The third kappa shape index (κ3) is 3.66. The zero-order chi connectivity index (χ0) is 21.0. The van der Waals surface area contributed by atoms with Crippen LogP contribution in [0.2, 0.25) is 0 Å². The van der Waals surface area contributed by atoms with Gasteiger partial charge in [0.1, 0.15) is 0 Å². The van der Waals surface area contributed by atoms with Gasteiger partial charge in [0.15, 0.2) is 0 Å². The van der Waals surface area contributed by atoms with Crippen molar-refractivity contribution in [1.82, 2.24) is 0 Å². The van der Waals surface area contributed by atoms with Gasteiger partial charge in [0, 0.05) is 0 Å². The van der Waals surface area contributed by atoms with Crippen molar-refractivity contribution in [3.63, 3.8) is 0 Å². The van der Waals surface area contributed by atoms with Gasteiger partial charge in [0.2, 0.25) is 0 Å². The van der Waals surface area contributed by atoms with Crippen molar-refractivity contribution in [1.29, 1.82) is 0 Å². The number of allylic oxidation sites excluding steroid dienone is 1. The largest absolute Gasteiger partial charge is 0.393 e. The summed E-state index contributed by atoms with van der Waals surface area (Å²) < 4.78 is 0. The molecule has 4 fully saturated rings. The van der Waals surface area contributed by atoms with Crippen LogP contribution in [0.15, 0.2) is 12.2 Å². The Hall–Kier alpha value is -0.300. The highest BCUT2D eigenvalue weighted by Crippen LogP contribution is 2.69. The zero-order valence-corrected chi connectivity index (χ0v) is 20.1. The molecule has 0 radical (unpaired) electrons.